The third-order valence-corrected chi connectivity index (χ3v) is 8.71. The fraction of sp³-hybridized carbons (Fsp3) is 0.400. The van der Waals surface area contributed by atoms with Crippen LogP contribution in [0.2, 0.25) is 0 Å². The summed E-state index contributed by atoms with van der Waals surface area (Å²) in [5.74, 6) is 2.65. The molecule has 1 aliphatic carbocycles. The van der Waals surface area contributed by atoms with Gasteiger partial charge >= 0.3 is 0 Å². The lowest BCUT2D eigenvalue weighted by atomic mass is 9.51. The Bertz CT molecular complexity index is 1310. The predicted molar refractivity (Wildman–Crippen MR) is 141 cm³/mol. The van der Waals surface area contributed by atoms with Crippen LogP contribution in [-0.2, 0) is 5.41 Å². The van der Waals surface area contributed by atoms with E-state index in [2.05, 4.69) is 113 Å². The van der Waals surface area contributed by atoms with Gasteiger partial charge in [-0.25, -0.2) is 9.97 Å². The summed E-state index contributed by atoms with van der Waals surface area (Å²) in [6.45, 7) is 13.8. The monoisotopic (exact) mass is 450 g/mol. The van der Waals surface area contributed by atoms with Crippen LogP contribution in [0.15, 0.2) is 60.8 Å². The normalized spacial score (nSPS) is 26.3. The average Bonchev–Trinajstić information content (AvgIpc) is 3.12. The lowest BCUT2D eigenvalue weighted by molar-refractivity contribution is 0.171. The van der Waals surface area contributed by atoms with Crippen LogP contribution < -0.4 is 9.80 Å². The molecule has 3 unspecified atom stereocenters. The van der Waals surface area contributed by atoms with Gasteiger partial charge in [0.15, 0.2) is 11.6 Å². The van der Waals surface area contributed by atoms with Crippen molar-refractivity contribution in [3.05, 3.63) is 77.5 Å². The van der Waals surface area contributed by atoms with Crippen molar-refractivity contribution in [1.82, 2.24) is 9.97 Å². The van der Waals surface area contributed by atoms with Crippen molar-refractivity contribution in [2.45, 2.75) is 65.0 Å². The van der Waals surface area contributed by atoms with Gasteiger partial charge in [-0.05, 0) is 34.6 Å². The Hall–Kier alpha value is -3.14. The van der Waals surface area contributed by atoms with E-state index >= 15 is 0 Å². The second kappa shape index (κ2) is 6.94. The second-order valence-corrected chi connectivity index (χ2v) is 11.2. The molecule has 34 heavy (non-hydrogen) atoms. The van der Waals surface area contributed by atoms with Gasteiger partial charge < -0.3 is 9.80 Å². The topological polar surface area (TPSA) is 32.3 Å². The van der Waals surface area contributed by atoms with Crippen LogP contribution in [0, 0.1) is 5.41 Å². The molecule has 1 aromatic heterocycles. The zero-order chi connectivity index (χ0) is 24.0. The Kier molecular flexibility index (Phi) is 4.37. The molecule has 0 fully saturated rings. The molecule has 3 aromatic rings. The van der Waals surface area contributed by atoms with E-state index in [0.717, 1.165) is 17.3 Å². The molecule has 4 heteroatoms. The summed E-state index contributed by atoms with van der Waals surface area (Å²) < 4.78 is 0. The molecule has 0 saturated carbocycles. The van der Waals surface area contributed by atoms with Crippen LogP contribution >= 0.6 is 0 Å². The van der Waals surface area contributed by atoms with Crippen LogP contribution in [0.5, 0.6) is 0 Å². The van der Waals surface area contributed by atoms with Crippen molar-refractivity contribution in [3.8, 4) is 11.4 Å². The van der Waals surface area contributed by atoms with Gasteiger partial charge in [0.05, 0.1) is 6.20 Å². The number of para-hydroxylation sites is 1. The number of hydrogen-bond donors (Lipinski definition) is 0. The van der Waals surface area contributed by atoms with E-state index < -0.39 is 0 Å². The molecule has 2 aromatic carbocycles. The summed E-state index contributed by atoms with van der Waals surface area (Å²) in [4.78, 5) is 15.2. The molecule has 0 spiro atoms. The van der Waals surface area contributed by atoms with Crippen LogP contribution in [0.3, 0.4) is 0 Å². The van der Waals surface area contributed by atoms with Gasteiger partial charge in [0.2, 0.25) is 0 Å². The minimum atomic E-state index is -0.0180. The predicted octanol–water partition coefficient (Wildman–Crippen LogP) is 7.15. The first kappa shape index (κ1) is 21.4. The van der Waals surface area contributed by atoms with Gasteiger partial charge in [0, 0.05) is 29.1 Å². The van der Waals surface area contributed by atoms with E-state index in [9.17, 15) is 0 Å². The highest BCUT2D eigenvalue weighted by molar-refractivity contribution is 5.86. The van der Waals surface area contributed by atoms with Crippen LogP contribution in [-0.4, -0.2) is 23.2 Å². The molecule has 3 aliphatic rings. The maximum Gasteiger partial charge on any atom is 0.162 e. The highest BCUT2D eigenvalue weighted by Gasteiger charge is 2.63. The zero-order valence-corrected chi connectivity index (χ0v) is 21.3. The van der Waals surface area contributed by atoms with Gasteiger partial charge in [-0.1, -0.05) is 90.1 Å². The van der Waals surface area contributed by atoms with Gasteiger partial charge in [0.1, 0.15) is 11.9 Å². The number of aromatic nitrogens is 2. The number of anilines is 3. The summed E-state index contributed by atoms with van der Waals surface area (Å²) in [6, 6.07) is 15.5. The number of allylic oxidation sites excluding steroid dienone is 1. The van der Waals surface area contributed by atoms with E-state index in [1.165, 1.54) is 27.9 Å². The Morgan fingerprint density at radius 2 is 1.53 bits per heavy atom. The largest absolute Gasteiger partial charge is 0.349 e. The minimum Gasteiger partial charge on any atom is -0.349 e. The van der Waals surface area contributed by atoms with Gasteiger partial charge in [0.25, 0.3) is 0 Å². The van der Waals surface area contributed by atoms with Crippen molar-refractivity contribution in [2.24, 2.45) is 5.41 Å². The Morgan fingerprint density at radius 1 is 0.853 bits per heavy atom. The maximum absolute atomic E-state index is 5.33. The van der Waals surface area contributed by atoms with Crippen LogP contribution in [0.25, 0.3) is 11.4 Å². The molecule has 2 aliphatic heterocycles. The summed E-state index contributed by atoms with van der Waals surface area (Å²) in [6.07, 6.45) is 6.98. The van der Waals surface area contributed by atoms with Crippen LogP contribution in [0.1, 0.15) is 70.1 Å². The molecule has 0 saturated heterocycles. The van der Waals surface area contributed by atoms with E-state index in [0.29, 0.717) is 11.8 Å². The molecular formula is C30H34N4. The van der Waals surface area contributed by atoms with Crippen molar-refractivity contribution >= 4 is 17.2 Å². The maximum atomic E-state index is 5.33. The average molecular weight is 451 g/mol. The lowest BCUT2D eigenvalue weighted by Gasteiger charge is -2.61. The number of fused-ring (bicyclic) bond motifs is 8. The van der Waals surface area contributed by atoms with Crippen LogP contribution in [0.4, 0.5) is 17.2 Å². The van der Waals surface area contributed by atoms with Gasteiger partial charge in [-0.3, -0.25) is 0 Å². The summed E-state index contributed by atoms with van der Waals surface area (Å²) in [5.41, 5.74) is 7.55. The molecule has 6 rings (SSSR count). The zero-order valence-electron chi connectivity index (χ0n) is 21.3. The van der Waals surface area contributed by atoms with E-state index in [1.807, 2.05) is 6.20 Å². The molecule has 3 heterocycles. The Labute approximate surface area is 203 Å². The number of benzene rings is 2. The summed E-state index contributed by atoms with van der Waals surface area (Å²) in [5, 5.41) is 0. The SMILES string of the molecule is CC(C)c1cccc(C(C)C)c1-c1ncc2c(n1)N1c3ccccc3C3(C)C=CC3(C)C1N2C. The quantitative estimate of drug-likeness (QED) is 0.397. The minimum absolute atomic E-state index is 0.00633. The molecule has 0 N–H and O–H groups in total. The molecule has 4 nitrogen and oxygen atoms in total. The molecule has 0 amide bonds. The van der Waals surface area contributed by atoms with Crippen molar-refractivity contribution < 1.29 is 0 Å². The Balaban J connectivity index is 1.59. The standard InChI is InChI=1S/C30H34N4/c1-18(2)20-11-10-12-21(19(3)4)25(20)26-31-17-24-27(32-26)34-23-14-9-8-13-22(23)29(5)15-16-30(29,6)28(34)33(24)7/h8-19,28H,1-7H3. The first-order chi connectivity index (χ1) is 16.2. The number of nitrogens with zero attached hydrogens (tertiary/aromatic N) is 4. The van der Waals surface area contributed by atoms with Crippen molar-refractivity contribution in [3.63, 3.8) is 0 Å². The van der Waals surface area contributed by atoms with Crippen molar-refractivity contribution in [2.75, 3.05) is 16.8 Å². The van der Waals surface area contributed by atoms with E-state index in [-0.39, 0.29) is 17.0 Å². The smallest absolute Gasteiger partial charge is 0.162 e. The first-order valence-corrected chi connectivity index (χ1v) is 12.5. The number of hydrogen-bond acceptors (Lipinski definition) is 4. The van der Waals surface area contributed by atoms with E-state index in [4.69, 9.17) is 9.97 Å². The second-order valence-electron chi connectivity index (χ2n) is 11.2. The molecular weight excluding hydrogens is 416 g/mol. The fourth-order valence-corrected chi connectivity index (χ4v) is 6.51. The third kappa shape index (κ3) is 2.49. The molecule has 0 radical (unpaired) electrons. The molecule has 0 bridgehead atoms. The highest BCUT2D eigenvalue weighted by Crippen LogP contribution is 2.65. The molecule has 174 valence electrons. The van der Waals surface area contributed by atoms with Crippen molar-refractivity contribution in [1.29, 1.82) is 0 Å². The number of rotatable bonds is 3. The van der Waals surface area contributed by atoms with E-state index in [1.54, 1.807) is 0 Å². The fourth-order valence-electron chi connectivity index (χ4n) is 6.51. The van der Waals surface area contributed by atoms with Gasteiger partial charge in [-0.15, -0.1) is 0 Å². The lowest BCUT2D eigenvalue weighted by Crippen LogP contribution is -2.64. The molecule has 3 atom stereocenters. The summed E-state index contributed by atoms with van der Waals surface area (Å²) >= 11 is 0. The van der Waals surface area contributed by atoms with Gasteiger partial charge in [-0.2, -0.15) is 0 Å². The third-order valence-electron chi connectivity index (χ3n) is 8.71. The first-order valence-electron chi connectivity index (χ1n) is 12.5. The summed E-state index contributed by atoms with van der Waals surface area (Å²) in [7, 11) is 2.19. The Morgan fingerprint density at radius 3 is 2.15 bits per heavy atom. The highest BCUT2D eigenvalue weighted by atomic mass is 15.5.